The van der Waals surface area contributed by atoms with Crippen LogP contribution in [0.2, 0.25) is 0 Å². The molecule has 258 valence electrons. The fraction of sp³-hybridized carbons (Fsp3) is 0. The van der Waals surface area contributed by atoms with Gasteiger partial charge in [-0.2, -0.15) is 10.5 Å². The van der Waals surface area contributed by atoms with Crippen LogP contribution < -0.4 is 0 Å². The molecular formula is C50H26N4O2. The third-order valence-corrected chi connectivity index (χ3v) is 11.4. The maximum atomic E-state index is 10.7. The minimum atomic E-state index is 0.490. The van der Waals surface area contributed by atoms with Gasteiger partial charge in [-0.1, -0.05) is 84.9 Å². The van der Waals surface area contributed by atoms with Crippen LogP contribution in [-0.2, 0) is 0 Å². The Bertz CT molecular complexity index is 3730. The molecule has 6 nitrogen and oxygen atoms in total. The van der Waals surface area contributed by atoms with Crippen LogP contribution in [0.3, 0.4) is 0 Å². The van der Waals surface area contributed by atoms with Gasteiger partial charge in [0.15, 0.2) is 5.58 Å². The minimum absolute atomic E-state index is 0.490. The van der Waals surface area contributed by atoms with Crippen molar-refractivity contribution in [2.24, 2.45) is 0 Å². The summed E-state index contributed by atoms with van der Waals surface area (Å²) >= 11 is 0. The minimum Gasteiger partial charge on any atom is -0.456 e. The van der Waals surface area contributed by atoms with Crippen molar-refractivity contribution in [2.45, 2.75) is 0 Å². The molecule has 0 N–H and O–H groups in total. The molecular weight excluding hydrogens is 689 g/mol. The normalized spacial score (nSPS) is 11.9. The molecule has 6 heteroatoms. The van der Waals surface area contributed by atoms with Gasteiger partial charge in [0.1, 0.15) is 28.9 Å². The van der Waals surface area contributed by atoms with E-state index in [0.717, 1.165) is 88.1 Å². The van der Waals surface area contributed by atoms with Crippen molar-refractivity contribution in [3.63, 3.8) is 0 Å². The van der Waals surface area contributed by atoms with Crippen molar-refractivity contribution in [3.05, 3.63) is 169 Å². The molecule has 0 atom stereocenters. The number of nitrogens with zero attached hydrogens (tertiary/aromatic N) is 4. The second kappa shape index (κ2) is 11.2. The maximum Gasteiger partial charge on any atom is 0.153 e. The number of hydrogen-bond acceptors (Lipinski definition) is 4. The smallest absolute Gasteiger partial charge is 0.153 e. The molecule has 0 spiro atoms. The second-order valence-electron chi connectivity index (χ2n) is 14.3. The quantitative estimate of drug-likeness (QED) is 0.182. The van der Waals surface area contributed by atoms with Crippen LogP contribution in [0.4, 0.5) is 0 Å². The van der Waals surface area contributed by atoms with Crippen molar-refractivity contribution in [3.8, 4) is 34.6 Å². The van der Waals surface area contributed by atoms with E-state index in [2.05, 4.69) is 118 Å². The number of nitriles is 2. The summed E-state index contributed by atoms with van der Waals surface area (Å²) in [5.74, 6) is 0. The summed E-state index contributed by atoms with van der Waals surface area (Å²) in [6, 6.07) is 58.5. The van der Waals surface area contributed by atoms with Gasteiger partial charge in [0.2, 0.25) is 0 Å². The number of aromatic nitrogens is 2. The maximum absolute atomic E-state index is 10.7. The highest BCUT2D eigenvalue weighted by atomic mass is 16.3. The Kier molecular flexibility index (Phi) is 6.10. The van der Waals surface area contributed by atoms with Crippen LogP contribution in [0.1, 0.15) is 11.1 Å². The Morgan fingerprint density at radius 2 is 1.00 bits per heavy atom. The monoisotopic (exact) mass is 714 g/mol. The van der Waals surface area contributed by atoms with Gasteiger partial charge in [-0.05, 0) is 83.9 Å². The van der Waals surface area contributed by atoms with Crippen LogP contribution >= 0.6 is 0 Å². The molecule has 0 bridgehead atoms. The molecule has 0 unspecified atom stereocenters. The zero-order valence-corrected chi connectivity index (χ0v) is 29.6. The molecule has 0 saturated carbocycles. The summed E-state index contributed by atoms with van der Waals surface area (Å²) in [7, 11) is 0. The highest BCUT2D eigenvalue weighted by molar-refractivity contribution is 6.26. The highest BCUT2D eigenvalue weighted by Gasteiger charge is 2.22. The summed E-state index contributed by atoms with van der Waals surface area (Å²) < 4.78 is 17.1. The Morgan fingerprint density at radius 1 is 0.411 bits per heavy atom. The van der Waals surface area contributed by atoms with Gasteiger partial charge >= 0.3 is 0 Å². The first-order chi connectivity index (χ1) is 27.7. The molecule has 0 saturated heterocycles. The van der Waals surface area contributed by atoms with Gasteiger partial charge in [-0.15, -0.1) is 0 Å². The van der Waals surface area contributed by atoms with E-state index < -0.39 is 0 Å². The first-order valence-corrected chi connectivity index (χ1v) is 18.5. The van der Waals surface area contributed by atoms with Gasteiger partial charge in [0.25, 0.3) is 0 Å². The summed E-state index contributed by atoms with van der Waals surface area (Å²) in [5, 5.41) is 29.1. The number of hydrogen-bond donors (Lipinski definition) is 0. The Morgan fingerprint density at radius 3 is 1.73 bits per heavy atom. The lowest BCUT2D eigenvalue weighted by atomic mass is 10.0. The topological polar surface area (TPSA) is 83.7 Å². The summed E-state index contributed by atoms with van der Waals surface area (Å²) in [5.41, 5.74) is 12.0. The lowest BCUT2D eigenvalue weighted by Crippen LogP contribution is -1.98. The molecule has 0 radical (unpaired) electrons. The van der Waals surface area contributed by atoms with E-state index in [4.69, 9.17) is 8.83 Å². The number of para-hydroxylation sites is 4. The van der Waals surface area contributed by atoms with E-state index >= 15 is 0 Å². The van der Waals surface area contributed by atoms with E-state index in [1.165, 1.54) is 10.8 Å². The van der Waals surface area contributed by atoms with Gasteiger partial charge < -0.3 is 18.0 Å². The van der Waals surface area contributed by atoms with Gasteiger partial charge in [-0.3, -0.25) is 0 Å². The molecule has 0 fully saturated rings. The van der Waals surface area contributed by atoms with Crippen LogP contribution in [0, 0.1) is 22.7 Å². The predicted octanol–water partition coefficient (Wildman–Crippen LogP) is 13.1. The number of benzene rings is 8. The zero-order chi connectivity index (χ0) is 37.1. The number of furan rings is 2. The van der Waals surface area contributed by atoms with E-state index in [-0.39, 0.29) is 0 Å². The van der Waals surface area contributed by atoms with Crippen molar-refractivity contribution < 1.29 is 8.83 Å². The Balaban J connectivity index is 1.04. The zero-order valence-electron chi connectivity index (χ0n) is 29.6. The van der Waals surface area contributed by atoms with E-state index in [9.17, 15) is 10.5 Å². The van der Waals surface area contributed by atoms with Crippen LogP contribution in [0.25, 0.3) is 110 Å². The molecule has 0 amide bonds. The van der Waals surface area contributed by atoms with Crippen molar-refractivity contribution in [1.82, 2.24) is 9.13 Å². The van der Waals surface area contributed by atoms with Gasteiger partial charge in [0.05, 0.1) is 49.7 Å². The van der Waals surface area contributed by atoms with E-state index in [1.54, 1.807) is 6.07 Å². The first kappa shape index (κ1) is 30.4. The SMILES string of the molecule is N#Cc1cc(-c2ccc(-n3c4ccccc4c4ccc5oc6ccccc6c5c43)cc2)ccc1-n1c2ccccc2c2ccc3oc4c(C#N)cccc4c3c21. The molecule has 0 aliphatic carbocycles. The highest BCUT2D eigenvalue weighted by Crippen LogP contribution is 2.43. The summed E-state index contributed by atoms with van der Waals surface area (Å²) in [4.78, 5) is 0. The molecule has 4 heterocycles. The molecule has 4 aromatic heterocycles. The average molecular weight is 715 g/mol. The van der Waals surface area contributed by atoms with Crippen LogP contribution in [-0.4, -0.2) is 9.13 Å². The molecule has 56 heavy (non-hydrogen) atoms. The third kappa shape index (κ3) is 4.02. The summed E-state index contributed by atoms with van der Waals surface area (Å²) in [6.45, 7) is 0. The standard InChI is InChI=1S/C50H26N4O2/c51-27-31-8-7-12-39-47-45(56-50(31)39)25-22-37-35-10-2-5-14-42(35)54(49(37)47)40-23-18-30(26-32(40)28-52)29-16-19-33(20-17-29)53-41-13-4-1-9-34(41)36-21-24-44-46(48(36)53)38-11-3-6-15-43(38)55-44/h1-26H. The lowest BCUT2D eigenvalue weighted by molar-refractivity contribution is 0.668. The number of rotatable bonds is 3. The molecule has 8 aromatic carbocycles. The van der Waals surface area contributed by atoms with Gasteiger partial charge in [-0.25, -0.2) is 0 Å². The van der Waals surface area contributed by atoms with E-state index in [1.807, 2.05) is 54.6 Å². The van der Waals surface area contributed by atoms with Gasteiger partial charge in [0, 0.05) is 38.0 Å². The lowest BCUT2D eigenvalue weighted by Gasteiger charge is -2.13. The molecule has 0 aliphatic heterocycles. The largest absolute Gasteiger partial charge is 0.456 e. The first-order valence-electron chi connectivity index (χ1n) is 18.5. The second-order valence-corrected chi connectivity index (χ2v) is 14.3. The predicted molar refractivity (Wildman–Crippen MR) is 225 cm³/mol. The van der Waals surface area contributed by atoms with Crippen molar-refractivity contribution >= 4 is 87.5 Å². The summed E-state index contributed by atoms with van der Waals surface area (Å²) in [6.07, 6.45) is 0. The fourth-order valence-electron chi connectivity index (χ4n) is 9.01. The molecule has 12 aromatic rings. The molecule has 0 aliphatic rings. The van der Waals surface area contributed by atoms with E-state index in [0.29, 0.717) is 22.3 Å². The van der Waals surface area contributed by atoms with Crippen LogP contribution in [0.15, 0.2) is 167 Å². The Hall–Kier alpha value is -8.06. The van der Waals surface area contributed by atoms with Crippen molar-refractivity contribution in [2.75, 3.05) is 0 Å². The molecule has 12 rings (SSSR count). The number of fused-ring (bicyclic) bond motifs is 14. The Labute approximate surface area is 318 Å². The fourth-order valence-corrected chi connectivity index (χ4v) is 9.01. The van der Waals surface area contributed by atoms with Crippen molar-refractivity contribution in [1.29, 1.82) is 10.5 Å². The average Bonchev–Trinajstić information content (AvgIpc) is 4.01. The van der Waals surface area contributed by atoms with Crippen LogP contribution in [0.5, 0.6) is 0 Å². The third-order valence-electron chi connectivity index (χ3n) is 11.4.